The summed E-state index contributed by atoms with van der Waals surface area (Å²) in [6, 6.07) is 14.1. The third-order valence-electron chi connectivity index (χ3n) is 7.10. The van der Waals surface area contributed by atoms with Crippen molar-refractivity contribution >= 4 is 40.5 Å². The summed E-state index contributed by atoms with van der Waals surface area (Å²) in [5.41, 5.74) is 8.11. The lowest BCUT2D eigenvalue weighted by molar-refractivity contribution is -0.121. The number of nitrogens with two attached hydrogens (primary N) is 1. The normalized spacial score (nSPS) is 24.3. The number of nitrogens with zero attached hydrogens (tertiary/aromatic N) is 4. The van der Waals surface area contributed by atoms with Crippen LogP contribution in [0.15, 0.2) is 53.6 Å². The molecule has 0 spiro atoms. The standard InChI is InChI=1S/C26H29N5O4/c1-16-3-12-22(32)30(15-16)18-6-4-17(5-7-18)29-14-13-21-23(25(27)33)28-31(24(21)26(29)34)19-8-10-20(35-2)11-9-19/h4-11,16,21,24H,3,12-15H2,1-2H3,(H2,27,33). The highest BCUT2D eigenvalue weighted by Crippen LogP contribution is 2.37. The van der Waals surface area contributed by atoms with E-state index in [1.54, 1.807) is 41.3 Å². The van der Waals surface area contributed by atoms with Gasteiger partial charge in [-0.2, -0.15) is 5.10 Å². The maximum Gasteiger partial charge on any atom is 0.265 e. The molecule has 2 saturated heterocycles. The van der Waals surface area contributed by atoms with Crippen LogP contribution in [-0.2, 0) is 14.4 Å². The van der Waals surface area contributed by atoms with Gasteiger partial charge in [0.2, 0.25) is 5.91 Å². The minimum atomic E-state index is -0.663. The molecule has 5 rings (SSSR count). The number of hydrogen-bond acceptors (Lipinski definition) is 6. The Morgan fingerprint density at radius 2 is 1.60 bits per heavy atom. The Morgan fingerprint density at radius 1 is 0.971 bits per heavy atom. The molecule has 3 aliphatic heterocycles. The van der Waals surface area contributed by atoms with Crippen LogP contribution < -0.4 is 25.3 Å². The lowest BCUT2D eigenvalue weighted by atomic mass is 9.87. The van der Waals surface area contributed by atoms with Crippen LogP contribution in [0.3, 0.4) is 0 Å². The van der Waals surface area contributed by atoms with E-state index in [1.807, 2.05) is 29.2 Å². The minimum absolute atomic E-state index is 0.130. The Balaban J connectivity index is 1.41. The summed E-state index contributed by atoms with van der Waals surface area (Å²) in [7, 11) is 1.58. The van der Waals surface area contributed by atoms with Crippen LogP contribution in [0.1, 0.15) is 26.2 Å². The Bertz CT molecular complexity index is 1180. The molecular formula is C26H29N5O4. The third-order valence-corrected chi connectivity index (χ3v) is 7.10. The van der Waals surface area contributed by atoms with Crippen LogP contribution in [0, 0.1) is 11.8 Å². The lowest BCUT2D eigenvalue weighted by Gasteiger charge is -2.37. The van der Waals surface area contributed by atoms with Gasteiger partial charge in [-0.3, -0.25) is 19.4 Å². The molecule has 2 aromatic rings. The lowest BCUT2D eigenvalue weighted by Crippen LogP contribution is -2.55. The molecule has 0 saturated carbocycles. The second kappa shape index (κ2) is 9.05. The number of primary amides is 1. The Labute approximate surface area is 204 Å². The van der Waals surface area contributed by atoms with Gasteiger partial charge in [0.1, 0.15) is 17.5 Å². The number of hydrogen-bond donors (Lipinski definition) is 1. The maximum atomic E-state index is 13.7. The van der Waals surface area contributed by atoms with Gasteiger partial charge in [-0.05, 0) is 67.3 Å². The van der Waals surface area contributed by atoms with Crippen LogP contribution >= 0.6 is 0 Å². The quantitative estimate of drug-likeness (QED) is 0.715. The first kappa shape index (κ1) is 22.9. The van der Waals surface area contributed by atoms with Gasteiger partial charge in [0.25, 0.3) is 11.8 Å². The number of methoxy groups -OCH3 is 1. The molecule has 2 aromatic carbocycles. The minimum Gasteiger partial charge on any atom is -0.497 e. The number of carbonyl (C=O) groups excluding carboxylic acids is 3. The topological polar surface area (TPSA) is 109 Å². The molecule has 9 nitrogen and oxygen atoms in total. The number of hydrazone groups is 1. The summed E-state index contributed by atoms with van der Waals surface area (Å²) in [5.74, 6) is 0.144. The number of amides is 3. The highest BCUT2D eigenvalue weighted by Gasteiger charge is 2.49. The first-order chi connectivity index (χ1) is 16.9. The van der Waals surface area contributed by atoms with Gasteiger partial charge < -0.3 is 20.3 Å². The van der Waals surface area contributed by atoms with Crippen molar-refractivity contribution in [1.82, 2.24) is 0 Å². The van der Waals surface area contributed by atoms with Crippen LogP contribution in [0.25, 0.3) is 0 Å². The van der Waals surface area contributed by atoms with Crippen molar-refractivity contribution in [3.63, 3.8) is 0 Å². The number of fused-ring (bicyclic) bond motifs is 1. The molecule has 0 radical (unpaired) electrons. The van der Waals surface area contributed by atoms with Crippen molar-refractivity contribution in [2.24, 2.45) is 22.7 Å². The Kier molecular flexibility index (Phi) is 5.92. The number of ether oxygens (including phenoxy) is 1. The number of piperidine rings is 2. The van der Waals surface area contributed by atoms with Gasteiger partial charge in [-0.25, -0.2) is 0 Å². The highest BCUT2D eigenvalue weighted by atomic mass is 16.5. The summed E-state index contributed by atoms with van der Waals surface area (Å²) in [6.45, 7) is 3.30. The zero-order valence-corrected chi connectivity index (χ0v) is 19.9. The van der Waals surface area contributed by atoms with Crippen LogP contribution in [0.2, 0.25) is 0 Å². The summed E-state index contributed by atoms with van der Waals surface area (Å²) >= 11 is 0. The molecule has 9 heteroatoms. The van der Waals surface area contributed by atoms with Gasteiger partial charge in [0, 0.05) is 36.8 Å². The summed E-state index contributed by atoms with van der Waals surface area (Å²) in [6.07, 6.45) is 2.03. The van der Waals surface area contributed by atoms with E-state index in [0.717, 1.165) is 17.8 Å². The second-order valence-electron chi connectivity index (χ2n) is 9.39. The maximum absolute atomic E-state index is 13.7. The first-order valence-electron chi connectivity index (χ1n) is 11.9. The molecule has 0 aliphatic carbocycles. The summed E-state index contributed by atoms with van der Waals surface area (Å²) in [4.78, 5) is 41.8. The summed E-state index contributed by atoms with van der Waals surface area (Å²) < 4.78 is 5.23. The molecule has 0 aromatic heterocycles. The average molecular weight is 476 g/mol. The number of carbonyl (C=O) groups is 3. The van der Waals surface area contributed by atoms with Crippen LogP contribution in [-0.4, -0.2) is 49.7 Å². The van der Waals surface area contributed by atoms with Crippen molar-refractivity contribution in [3.8, 4) is 5.75 Å². The fourth-order valence-electron chi connectivity index (χ4n) is 5.19. The number of benzene rings is 2. The largest absolute Gasteiger partial charge is 0.497 e. The SMILES string of the molecule is COc1ccc(N2N=C(C(N)=O)C3CCN(c4ccc(N5CC(C)CCC5=O)cc4)C(=O)C32)cc1. The highest BCUT2D eigenvalue weighted by molar-refractivity contribution is 6.41. The van der Waals surface area contributed by atoms with Crippen molar-refractivity contribution < 1.29 is 19.1 Å². The average Bonchev–Trinajstić information content (AvgIpc) is 3.27. The molecule has 3 aliphatic rings. The smallest absolute Gasteiger partial charge is 0.265 e. The predicted octanol–water partition coefficient (Wildman–Crippen LogP) is 2.54. The molecular weight excluding hydrogens is 446 g/mol. The van der Waals surface area contributed by atoms with Gasteiger partial charge >= 0.3 is 0 Å². The Hall–Kier alpha value is -3.88. The van der Waals surface area contributed by atoms with Crippen molar-refractivity contribution in [2.75, 3.05) is 35.0 Å². The number of anilines is 3. The molecule has 3 amide bonds. The molecule has 0 bridgehead atoms. The molecule has 182 valence electrons. The second-order valence-corrected chi connectivity index (χ2v) is 9.39. The van der Waals surface area contributed by atoms with Gasteiger partial charge in [0.05, 0.1) is 12.8 Å². The van der Waals surface area contributed by atoms with E-state index in [1.165, 1.54) is 0 Å². The van der Waals surface area contributed by atoms with Gasteiger partial charge in [-0.1, -0.05) is 6.92 Å². The van der Waals surface area contributed by atoms with Crippen LogP contribution in [0.4, 0.5) is 17.1 Å². The Morgan fingerprint density at radius 3 is 2.23 bits per heavy atom. The van der Waals surface area contributed by atoms with Crippen molar-refractivity contribution in [3.05, 3.63) is 48.5 Å². The fraction of sp³-hybridized carbons (Fsp3) is 0.385. The van der Waals surface area contributed by atoms with Crippen LogP contribution in [0.5, 0.6) is 5.75 Å². The molecule has 35 heavy (non-hydrogen) atoms. The third kappa shape index (κ3) is 4.11. The molecule has 2 fully saturated rings. The van der Waals surface area contributed by atoms with E-state index in [0.29, 0.717) is 43.3 Å². The fourth-order valence-corrected chi connectivity index (χ4v) is 5.19. The molecule has 3 unspecified atom stereocenters. The van der Waals surface area contributed by atoms with E-state index in [-0.39, 0.29) is 23.4 Å². The van der Waals surface area contributed by atoms with E-state index in [2.05, 4.69) is 12.0 Å². The first-order valence-corrected chi connectivity index (χ1v) is 11.9. The van der Waals surface area contributed by atoms with Crippen molar-refractivity contribution in [2.45, 2.75) is 32.2 Å². The molecule has 2 N–H and O–H groups in total. The zero-order valence-electron chi connectivity index (χ0n) is 19.9. The number of rotatable bonds is 5. The molecule has 3 atom stereocenters. The zero-order chi connectivity index (χ0) is 24.7. The molecule has 3 heterocycles. The van der Waals surface area contributed by atoms with E-state index < -0.39 is 11.9 Å². The predicted molar refractivity (Wildman–Crippen MR) is 134 cm³/mol. The summed E-state index contributed by atoms with van der Waals surface area (Å²) in [5, 5.41) is 6.07. The van der Waals surface area contributed by atoms with Gasteiger partial charge in [-0.15, -0.1) is 0 Å². The van der Waals surface area contributed by atoms with E-state index in [4.69, 9.17) is 10.5 Å². The monoisotopic (exact) mass is 475 g/mol. The van der Waals surface area contributed by atoms with Crippen molar-refractivity contribution in [1.29, 1.82) is 0 Å². The van der Waals surface area contributed by atoms with Gasteiger partial charge in [0.15, 0.2) is 0 Å². The van der Waals surface area contributed by atoms with E-state index >= 15 is 0 Å². The van der Waals surface area contributed by atoms with E-state index in [9.17, 15) is 14.4 Å².